The predicted octanol–water partition coefficient (Wildman–Crippen LogP) is -0.861. The van der Waals surface area contributed by atoms with Gasteiger partial charge in [-0.05, 0) is 6.92 Å². The van der Waals surface area contributed by atoms with Crippen LogP contribution in [0.2, 0.25) is 0 Å². The third-order valence-electron chi connectivity index (χ3n) is 0.699. The zero-order valence-corrected chi connectivity index (χ0v) is 5.09. The van der Waals surface area contributed by atoms with E-state index < -0.39 is 6.09 Å². The van der Waals surface area contributed by atoms with Crippen LogP contribution < -0.4 is 10.9 Å². The molecule has 0 aromatic heterocycles. The molecule has 1 atom stereocenters. The van der Waals surface area contributed by atoms with E-state index in [-0.39, 0.29) is 12.6 Å². The summed E-state index contributed by atoms with van der Waals surface area (Å²) in [7, 11) is 0. The van der Waals surface area contributed by atoms with Gasteiger partial charge in [0, 0.05) is 6.04 Å². The molecule has 0 heterocycles. The Kier molecular flexibility index (Phi) is 3.74. The highest BCUT2D eigenvalue weighted by Gasteiger charge is 1.98. The van der Waals surface area contributed by atoms with Crippen LogP contribution in [-0.4, -0.2) is 29.0 Å². The van der Waals surface area contributed by atoms with Gasteiger partial charge in [0.1, 0.15) is 0 Å². The lowest BCUT2D eigenvalue weighted by Gasteiger charge is -2.08. The van der Waals surface area contributed by atoms with E-state index in [0.29, 0.717) is 0 Å². The molecule has 5 heteroatoms. The van der Waals surface area contributed by atoms with Gasteiger partial charge in [0.05, 0.1) is 6.61 Å². The number of hydrogen-bond donors (Lipinski definition) is 4. The van der Waals surface area contributed by atoms with Gasteiger partial charge in [-0.25, -0.2) is 10.2 Å². The van der Waals surface area contributed by atoms with Crippen LogP contribution in [0.15, 0.2) is 0 Å². The Labute approximate surface area is 52.7 Å². The highest BCUT2D eigenvalue weighted by Crippen LogP contribution is 1.72. The minimum Gasteiger partial charge on any atom is -0.464 e. The molecule has 1 amide bonds. The van der Waals surface area contributed by atoms with Crippen LogP contribution in [0.1, 0.15) is 6.92 Å². The third-order valence-corrected chi connectivity index (χ3v) is 0.699. The number of carbonyl (C=O) groups is 1. The quantitative estimate of drug-likeness (QED) is 0.378. The molecule has 0 spiro atoms. The van der Waals surface area contributed by atoms with Crippen LogP contribution in [0.4, 0.5) is 4.79 Å². The average molecular weight is 134 g/mol. The number of amides is 1. The van der Waals surface area contributed by atoms with E-state index >= 15 is 0 Å². The summed E-state index contributed by atoms with van der Waals surface area (Å²) in [6, 6.07) is -0.249. The van der Waals surface area contributed by atoms with Gasteiger partial charge in [0.15, 0.2) is 0 Å². The zero-order chi connectivity index (χ0) is 7.28. The molecule has 0 radical (unpaired) electrons. The molecule has 0 saturated heterocycles. The standard InChI is InChI=1S/C4H10N2O3/c1-3(2-7)5-6-4(8)9/h3,5-7H,2H2,1H3,(H,8,9). The summed E-state index contributed by atoms with van der Waals surface area (Å²) >= 11 is 0. The Balaban J connectivity index is 3.16. The van der Waals surface area contributed by atoms with E-state index in [1.165, 1.54) is 0 Å². The van der Waals surface area contributed by atoms with Gasteiger partial charge in [-0.1, -0.05) is 0 Å². The minimum absolute atomic E-state index is 0.0969. The molecule has 0 aromatic carbocycles. The van der Waals surface area contributed by atoms with Crippen LogP contribution in [0.5, 0.6) is 0 Å². The number of nitrogens with one attached hydrogen (secondary N) is 2. The monoisotopic (exact) mass is 134 g/mol. The summed E-state index contributed by atoms with van der Waals surface area (Å²) in [5, 5.41) is 16.4. The molecule has 0 aliphatic rings. The second-order valence-electron chi connectivity index (χ2n) is 1.66. The number of rotatable bonds is 3. The normalized spacial score (nSPS) is 12.7. The highest BCUT2D eigenvalue weighted by molar-refractivity contribution is 5.63. The molecule has 9 heavy (non-hydrogen) atoms. The van der Waals surface area contributed by atoms with Crippen LogP contribution in [0.3, 0.4) is 0 Å². The van der Waals surface area contributed by atoms with Crippen molar-refractivity contribution in [1.29, 1.82) is 0 Å². The van der Waals surface area contributed by atoms with Gasteiger partial charge in [-0.15, -0.1) is 0 Å². The summed E-state index contributed by atoms with van der Waals surface area (Å²) in [4.78, 5) is 9.76. The van der Waals surface area contributed by atoms with E-state index in [0.717, 1.165) is 0 Å². The van der Waals surface area contributed by atoms with Gasteiger partial charge in [-0.2, -0.15) is 0 Å². The molecule has 4 N–H and O–H groups in total. The Morgan fingerprint density at radius 1 is 1.78 bits per heavy atom. The first kappa shape index (κ1) is 8.19. The molecular weight excluding hydrogens is 124 g/mol. The number of hydrazine groups is 1. The molecule has 0 aliphatic carbocycles. The Morgan fingerprint density at radius 2 is 2.33 bits per heavy atom. The van der Waals surface area contributed by atoms with Crippen molar-refractivity contribution in [2.24, 2.45) is 0 Å². The number of carboxylic acid groups (broad SMARTS) is 1. The molecule has 0 bridgehead atoms. The molecule has 5 nitrogen and oxygen atoms in total. The van der Waals surface area contributed by atoms with E-state index in [9.17, 15) is 4.79 Å². The van der Waals surface area contributed by atoms with Crippen LogP contribution in [-0.2, 0) is 0 Å². The van der Waals surface area contributed by atoms with Crippen molar-refractivity contribution in [2.45, 2.75) is 13.0 Å². The SMILES string of the molecule is CC(CO)NNC(=O)O. The number of aliphatic hydroxyl groups excluding tert-OH is 1. The second kappa shape index (κ2) is 4.11. The lowest BCUT2D eigenvalue weighted by atomic mass is 10.4. The van der Waals surface area contributed by atoms with Crippen molar-refractivity contribution in [3.05, 3.63) is 0 Å². The van der Waals surface area contributed by atoms with E-state index in [1.807, 2.05) is 5.43 Å². The Morgan fingerprint density at radius 3 is 2.67 bits per heavy atom. The number of hydrogen-bond acceptors (Lipinski definition) is 3. The van der Waals surface area contributed by atoms with Crippen LogP contribution in [0.25, 0.3) is 0 Å². The maximum absolute atomic E-state index is 9.76. The van der Waals surface area contributed by atoms with E-state index in [1.54, 1.807) is 6.92 Å². The fourth-order valence-electron chi connectivity index (χ4n) is 0.231. The lowest BCUT2D eigenvalue weighted by Crippen LogP contribution is -2.43. The third kappa shape index (κ3) is 5.05. The van der Waals surface area contributed by atoms with Crippen molar-refractivity contribution in [2.75, 3.05) is 6.61 Å². The van der Waals surface area contributed by atoms with Gasteiger partial charge in [0.25, 0.3) is 0 Å². The van der Waals surface area contributed by atoms with Gasteiger partial charge in [0.2, 0.25) is 0 Å². The Bertz CT molecular complexity index is 95.8. The van der Waals surface area contributed by atoms with Crippen molar-refractivity contribution in [3.63, 3.8) is 0 Å². The van der Waals surface area contributed by atoms with Gasteiger partial charge < -0.3 is 10.2 Å². The van der Waals surface area contributed by atoms with Crippen molar-refractivity contribution >= 4 is 6.09 Å². The summed E-state index contributed by atoms with van der Waals surface area (Å²) in [5.74, 6) is 0. The van der Waals surface area contributed by atoms with Crippen molar-refractivity contribution in [3.8, 4) is 0 Å². The maximum atomic E-state index is 9.76. The summed E-state index contributed by atoms with van der Waals surface area (Å²) < 4.78 is 0. The molecular formula is C4H10N2O3. The highest BCUT2D eigenvalue weighted by atomic mass is 16.4. The molecule has 0 rings (SSSR count). The predicted molar refractivity (Wildman–Crippen MR) is 30.8 cm³/mol. The topological polar surface area (TPSA) is 81.6 Å². The molecule has 0 fully saturated rings. The molecule has 0 aliphatic heterocycles. The van der Waals surface area contributed by atoms with Gasteiger partial charge >= 0.3 is 6.09 Å². The Hall–Kier alpha value is -0.810. The van der Waals surface area contributed by atoms with Crippen molar-refractivity contribution in [1.82, 2.24) is 10.9 Å². The van der Waals surface area contributed by atoms with E-state index in [2.05, 4.69) is 5.43 Å². The smallest absolute Gasteiger partial charge is 0.419 e. The van der Waals surface area contributed by atoms with E-state index in [4.69, 9.17) is 10.2 Å². The van der Waals surface area contributed by atoms with Gasteiger partial charge in [-0.3, -0.25) is 5.43 Å². The fourth-order valence-corrected chi connectivity index (χ4v) is 0.231. The second-order valence-corrected chi connectivity index (χ2v) is 1.66. The maximum Gasteiger partial charge on any atom is 0.419 e. The number of aliphatic hydroxyl groups is 1. The molecule has 54 valence electrons. The van der Waals surface area contributed by atoms with Crippen molar-refractivity contribution < 1.29 is 15.0 Å². The summed E-state index contributed by atoms with van der Waals surface area (Å²) in [6.07, 6.45) is -1.16. The molecule has 0 saturated carbocycles. The molecule has 0 aromatic rings. The summed E-state index contributed by atoms with van der Waals surface area (Å²) in [6.45, 7) is 1.55. The minimum atomic E-state index is -1.16. The largest absolute Gasteiger partial charge is 0.464 e. The lowest BCUT2D eigenvalue weighted by molar-refractivity contribution is 0.180. The zero-order valence-electron chi connectivity index (χ0n) is 5.09. The first-order chi connectivity index (χ1) is 4.16. The summed E-state index contributed by atoms with van der Waals surface area (Å²) in [5.41, 5.74) is 4.24. The average Bonchev–Trinajstić information content (AvgIpc) is 1.83. The van der Waals surface area contributed by atoms with Crippen LogP contribution in [0, 0.1) is 0 Å². The van der Waals surface area contributed by atoms with Crippen LogP contribution >= 0.6 is 0 Å². The first-order valence-electron chi connectivity index (χ1n) is 2.52. The first-order valence-corrected chi connectivity index (χ1v) is 2.52. The fraction of sp³-hybridized carbons (Fsp3) is 0.750. The molecule has 1 unspecified atom stereocenters.